The van der Waals surface area contributed by atoms with Crippen LogP contribution in [0.4, 0.5) is 0 Å². The molecule has 28 heavy (non-hydrogen) atoms. The Morgan fingerprint density at radius 2 is 1.89 bits per heavy atom. The summed E-state index contributed by atoms with van der Waals surface area (Å²) in [6.07, 6.45) is 1.92. The second-order valence-corrected chi connectivity index (χ2v) is 6.97. The molecule has 2 heterocycles. The van der Waals surface area contributed by atoms with E-state index in [0.29, 0.717) is 24.7 Å². The van der Waals surface area contributed by atoms with Crippen molar-refractivity contribution in [2.45, 2.75) is 18.9 Å². The first kappa shape index (κ1) is 18.5. The molecule has 0 spiro atoms. The highest BCUT2D eigenvalue weighted by atomic mass is 16.5. The maximum atomic E-state index is 12.6. The predicted octanol–water partition coefficient (Wildman–Crippen LogP) is 2.15. The molecule has 0 unspecified atom stereocenters. The molecule has 146 valence electrons. The van der Waals surface area contributed by atoms with Crippen LogP contribution in [-0.4, -0.2) is 42.7 Å². The number of ether oxygens (including phenoxy) is 1. The molecule has 7 nitrogen and oxygen atoms in total. The van der Waals surface area contributed by atoms with Crippen LogP contribution in [0, 0.1) is 0 Å². The summed E-state index contributed by atoms with van der Waals surface area (Å²) in [4.78, 5) is 16.6. The zero-order valence-corrected chi connectivity index (χ0v) is 15.7. The zero-order chi connectivity index (χ0) is 19.5. The van der Waals surface area contributed by atoms with Gasteiger partial charge in [-0.05, 0) is 31.0 Å². The van der Waals surface area contributed by atoms with E-state index in [1.54, 1.807) is 0 Å². The van der Waals surface area contributed by atoms with Crippen molar-refractivity contribution in [3.63, 3.8) is 0 Å². The van der Waals surface area contributed by atoms with Crippen LogP contribution in [0.2, 0.25) is 0 Å². The van der Waals surface area contributed by atoms with Crippen LogP contribution in [0.25, 0.3) is 21.8 Å². The van der Waals surface area contributed by atoms with E-state index in [0.717, 1.165) is 37.0 Å². The monoisotopic (exact) mass is 379 g/mol. The fourth-order valence-electron chi connectivity index (χ4n) is 3.89. The lowest BCUT2D eigenvalue weighted by Gasteiger charge is -2.25. The minimum Gasteiger partial charge on any atom is -0.381 e. The number of nitrogens with zero attached hydrogens (tertiary/aromatic N) is 2. The van der Waals surface area contributed by atoms with Gasteiger partial charge in [-0.15, -0.1) is 0 Å². The minimum atomic E-state index is -0.274. The lowest BCUT2D eigenvalue weighted by atomic mass is 10.1. The van der Waals surface area contributed by atoms with E-state index in [2.05, 4.69) is 33.1 Å². The average molecular weight is 379 g/mol. The van der Waals surface area contributed by atoms with Gasteiger partial charge in [0.15, 0.2) is 5.96 Å². The third-order valence-electron chi connectivity index (χ3n) is 5.18. The van der Waals surface area contributed by atoms with Crippen molar-refractivity contribution in [2.75, 3.05) is 26.3 Å². The van der Waals surface area contributed by atoms with E-state index in [1.807, 2.05) is 24.3 Å². The molecule has 1 aromatic heterocycles. The number of nitrogens with two attached hydrogens (primary N) is 2. The minimum absolute atomic E-state index is 0.0838. The summed E-state index contributed by atoms with van der Waals surface area (Å²) >= 11 is 0. The number of aromatic nitrogens is 1. The van der Waals surface area contributed by atoms with Crippen molar-refractivity contribution in [3.05, 3.63) is 48.0 Å². The van der Waals surface area contributed by atoms with Crippen LogP contribution in [0.15, 0.2) is 47.5 Å². The Bertz CT molecular complexity index is 1030. The molecule has 0 radical (unpaired) electrons. The quantitative estimate of drug-likeness (QED) is 0.477. The lowest BCUT2D eigenvalue weighted by Crippen LogP contribution is -2.37. The van der Waals surface area contributed by atoms with Crippen molar-refractivity contribution >= 4 is 33.7 Å². The Balaban J connectivity index is 1.77. The fourth-order valence-corrected chi connectivity index (χ4v) is 3.89. The number of carbonyl (C=O) groups excluding carboxylic acids is 1. The fraction of sp³-hybridized carbons (Fsp3) is 0.333. The highest BCUT2D eigenvalue weighted by Crippen LogP contribution is 2.35. The molecule has 2 aromatic carbocycles. The number of nitrogens with one attached hydrogen (secondary N) is 1. The van der Waals surface area contributed by atoms with Gasteiger partial charge >= 0.3 is 0 Å². The van der Waals surface area contributed by atoms with Crippen molar-refractivity contribution < 1.29 is 9.53 Å². The van der Waals surface area contributed by atoms with E-state index in [9.17, 15) is 4.79 Å². The van der Waals surface area contributed by atoms with Crippen molar-refractivity contribution in [2.24, 2.45) is 16.5 Å². The number of guanidine groups is 1. The molecule has 5 N–H and O–H groups in total. The lowest BCUT2D eigenvalue weighted by molar-refractivity contribution is 0.0717. The molecule has 4 rings (SSSR count). The number of rotatable bonds is 4. The number of hydrogen-bond donors (Lipinski definition) is 3. The van der Waals surface area contributed by atoms with E-state index >= 15 is 0 Å². The van der Waals surface area contributed by atoms with E-state index in [4.69, 9.17) is 16.2 Å². The van der Waals surface area contributed by atoms with Crippen LogP contribution in [-0.2, 0) is 4.74 Å². The molecule has 1 amide bonds. The number of carbonyl (C=O) groups is 1. The molecule has 0 bridgehead atoms. The summed E-state index contributed by atoms with van der Waals surface area (Å²) in [5.74, 6) is -0.190. The average Bonchev–Trinajstić information content (AvgIpc) is 3.06. The Hall–Kier alpha value is -2.90. The third-order valence-corrected chi connectivity index (χ3v) is 5.18. The van der Waals surface area contributed by atoms with E-state index in [-0.39, 0.29) is 11.9 Å². The van der Waals surface area contributed by atoms with Gasteiger partial charge < -0.3 is 20.8 Å². The van der Waals surface area contributed by atoms with Gasteiger partial charge in [0.05, 0.1) is 12.1 Å². The highest BCUT2D eigenvalue weighted by molar-refractivity contribution is 6.12. The Morgan fingerprint density at radius 3 is 2.68 bits per heavy atom. The Labute approximate surface area is 163 Å². The Kier molecular flexibility index (Phi) is 5.27. The standard InChI is InChI=1S/C21H25N5O2/c22-9-10-24-21(23)25-20(27)14-5-6-17-16-3-1-2-4-18(16)26(19(17)13-14)15-7-11-28-12-8-15/h1-6,13,15H,7-12,22H2,(H3,23,24,25,27). The smallest absolute Gasteiger partial charge is 0.258 e. The highest BCUT2D eigenvalue weighted by Gasteiger charge is 2.21. The van der Waals surface area contributed by atoms with Crippen LogP contribution in [0.5, 0.6) is 0 Å². The van der Waals surface area contributed by atoms with Crippen LogP contribution in [0.3, 0.4) is 0 Å². The van der Waals surface area contributed by atoms with Crippen LogP contribution in [0.1, 0.15) is 29.2 Å². The first-order chi connectivity index (χ1) is 13.7. The maximum absolute atomic E-state index is 12.6. The molecule has 0 aliphatic carbocycles. The molecule has 7 heteroatoms. The normalized spacial score (nSPS) is 16.0. The topological polar surface area (TPSA) is 108 Å². The molecule has 1 aliphatic heterocycles. The second-order valence-electron chi connectivity index (χ2n) is 6.97. The SMILES string of the molecule is NCCN=C(N)NC(=O)c1ccc2c3ccccc3n(C3CCOCC3)c2c1. The summed E-state index contributed by atoms with van der Waals surface area (Å²) in [5.41, 5.74) is 14.0. The first-order valence-electron chi connectivity index (χ1n) is 9.61. The number of hydrogen-bond acceptors (Lipinski definition) is 4. The molecule has 1 saturated heterocycles. The number of amides is 1. The first-order valence-corrected chi connectivity index (χ1v) is 9.61. The molecule has 0 atom stereocenters. The van der Waals surface area contributed by atoms with Crippen molar-refractivity contribution in [1.29, 1.82) is 0 Å². The third kappa shape index (κ3) is 3.46. The molecule has 0 saturated carbocycles. The van der Waals surface area contributed by atoms with Gasteiger partial charge in [0.25, 0.3) is 5.91 Å². The number of para-hydroxylation sites is 1. The van der Waals surface area contributed by atoms with E-state index < -0.39 is 0 Å². The van der Waals surface area contributed by atoms with Crippen molar-refractivity contribution in [1.82, 2.24) is 9.88 Å². The van der Waals surface area contributed by atoms with Crippen LogP contribution < -0.4 is 16.8 Å². The van der Waals surface area contributed by atoms with Gasteiger partial charge in [-0.1, -0.05) is 24.3 Å². The van der Waals surface area contributed by atoms with Crippen LogP contribution >= 0.6 is 0 Å². The largest absolute Gasteiger partial charge is 0.381 e. The summed E-state index contributed by atoms with van der Waals surface area (Å²) in [5, 5.41) is 4.97. The molecule has 3 aromatic rings. The van der Waals surface area contributed by atoms with E-state index in [1.165, 1.54) is 10.9 Å². The van der Waals surface area contributed by atoms with Gasteiger partial charge in [0, 0.05) is 47.7 Å². The Morgan fingerprint density at radius 1 is 1.14 bits per heavy atom. The number of benzene rings is 2. The summed E-state index contributed by atoms with van der Waals surface area (Å²) in [6.45, 7) is 2.27. The summed E-state index contributed by atoms with van der Waals surface area (Å²) in [7, 11) is 0. The number of aliphatic imine (C=N–C) groups is 1. The maximum Gasteiger partial charge on any atom is 0.258 e. The predicted molar refractivity (Wildman–Crippen MR) is 112 cm³/mol. The molecule has 1 fully saturated rings. The molecular weight excluding hydrogens is 354 g/mol. The number of fused-ring (bicyclic) bond motifs is 3. The summed E-state index contributed by atoms with van der Waals surface area (Å²) < 4.78 is 7.90. The molecular formula is C21H25N5O2. The summed E-state index contributed by atoms with van der Waals surface area (Å²) in [6, 6.07) is 14.5. The van der Waals surface area contributed by atoms with Gasteiger partial charge in [-0.25, -0.2) is 0 Å². The van der Waals surface area contributed by atoms with Gasteiger partial charge in [0.1, 0.15) is 0 Å². The second kappa shape index (κ2) is 8.00. The van der Waals surface area contributed by atoms with Gasteiger partial charge in [-0.3, -0.25) is 15.1 Å². The van der Waals surface area contributed by atoms with Gasteiger partial charge in [0.2, 0.25) is 0 Å². The van der Waals surface area contributed by atoms with Crippen molar-refractivity contribution in [3.8, 4) is 0 Å². The molecule has 1 aliphatic rings. The van der Waals surface area contributed by atoms with Gasteiger partial charge in [-0.2, -0.15) is 0 Å². The zero-order valence-electron chi connectivity index (χ0n) is 15.7.